The zero-order valence-electron chi connectivity index (χ0n) is 15.7. The van der Waals surface area contributed by atoms with Crippen molar-refractivity contribution in [1.29, 1.82) is 0 Å². The van der Waals surface area contributed by atoms with Gasteiger partial charge in [0.05, 0.1) is 0 Å². The number of nitro groups is 2. The molecule has 14 heteroatoms. The molecule has 0 aliphatic heterocycles. The van der Waals surface area contributed by atoms with Crippen LogP contribution in [0.25, 0.3) is 0 Å². The zero-order valence-corrected chi connectivity index (χ0v) is 15.7. The van der Waals surface area contributed by atoms with E-state index in [1.165, 1.54) is 48.5 Å². The molecule has 0 bridgehead atoms. The maximum Gasteiger partial charge on any atom is 0.288 e. The highest BCUT2D eigenvalue weighted by Crippen LogP contribution is 2.14. The van der Waals surface area contributed by atoms with E-state index in [0.717, 1.165) is 0 Å². The third kappa shape index (κ3) is 6.05. The topological polar surface area (TPSA) is 212 Å². The Morgan fingerprint density at radius 2 is 1.26 bits per heavy atom. The molecule has 2 aromatic carbocycles. The van der Waals surface area contributed by atoms with Crippen LogP contribution in [-0.2, 0) is 0 Å². The van der Waals surface area contributed by atoms with E-state index in [0.29, 0.717) is 5.01 Å². The van der Waals surface area contributed by atoms with Crippen molar-refractivity contribution in [1.82, 2.24) is 10.4 Å². The van der Waals surface area contributed by atoms with Crippen LogP contribution in [0.2, 0.25) is 0 Å². The minimum atomic E-state index is -1.87. The molecule has 0 aliphatic rings. The highest BCUT2D eigenvalue weighted by molar-refractivity contribution is 6.20. The quantitative estimate of drug-likeness (QED) is 0.133. The van der Waals surface area contributed by atoms with E-state index in [2.05, 4.69) is 15.6 Å². The summed E-state index contributed by atoms with van der Waals surface area (Å²) in [6.45, 7) is 0. The monoisotopic (exact) mass is 428 g/mol. The molecule has 31 heavy (non-hydrogen) atoms. The lowest BCUT2D eigenvalue weighted by molar-refractivity contribution is -0.486. The van der Waals surface area contributed by atoms with Crippen molar-refractivity contribution in [3.8, 4) is 0 Å². The van der Waals surface area contributed by atoms with Crippen molar-refractivity contribution in [3.05, 3.63) is 92.0 Å². The maximum absolute atomic E-state index is 13.2. The third-order valence-corrected chi connectivity index (χ3v) is 3.73. The summed E-state index contributed by atoms with van der Waals surface area (Å²) in [5.41, 5.74) is 13.2. The molecule has 0 radical (unpaired) electrons. The van der Waals surface area contributed by atoms with Crippen molar-refractivity contribution >= 4 is 23.5 Å². The first-order chi connectivity index (χ1) is 14.7. The molecule has 5 N–H and O–H groups in total. The average molecular weight is 428 g/mol. The van der Waals surface area contributed by atoms with Crippen molar-refractivity contribution in [2.45, 2.75) is 6.04 Å². The summed E-state index contributed by atoms with van der Waals surface area (Å²) in [6.07, 6.45) is 0. The lowest BCUT2D eigenvalue weighted by Crippen LogP contribution is -2.61. The molecule has 0 amide bonds. The molecule has 0 unspecified atom stereocenters. The minimum absolute atomic E-state index is 0.0577. The Morgan fingerprint density at radius 3 is 1.65 bits per heavy atom. The van der Waals surface area contributed by atoms with Gasteiger partial charge in [0.15, 0.2) is 27.7 Å². The Morgan fingerprint density at radius 1 is 0.839 bits per heavy atom. The van der Waals surface area contributed by atoms with Gasteiger partial charge in [-0.1, -0.05) is 60.7 Å². The summed E-state index contributed by atoms with van der Waals surface area (Å²) in [5, 5.41) is 25.2. The van der Waals surface area contributed by atoms with E-state index in [4.69, 9.17) is 11.5 Å². The number of carbonyl (C=O) groups is 2. The van der Waals surface area contributed by atoms with Crippen LogP contribution < -0.4 is 16.9 Å². The SMILES string of the molecule is N/C(=N/[N+](=O)[O-])NN(/C(N)=N\[N+](=O)[O-])C(C(=O)c1ccccc1)C(=O)c1ccccc1. The molecule has 2 rings (SSSR count). The predicted molar refractivity (Wildman–Crippen MR) is 108 cm³/mol. The van der Waals surface area contributed by atoms with Crippen LogP contribution in [0.15, 0.2) is 70.9 Å². The number of benzene rings is 2. The van der Waals surface area contributed by atoms with E-state index < -0.39 is 39.6 Å². The van der Waals surface area contributed by atoms with Crippen LogP contribution >= 0.6 is 0 Å². The number of hydrogen-bond donors (Lipinski definition) is 3. The molecule has 0 spiro atoms. The standard InChI is InChI=1S/C17H16N8O6/c18-16(21-24(28)29)20-23(17(19)22-25(30)31)13(14(26)11-7-3-1-4-8-11)15(27)12-9-5-2-6-10-12/h1-10,13H,(H2,19,22)(H3,18,20,21). The molecule has 160 valence electrons. The molecule has 0 heterocycles. The number of hydrazine groups is 1. The number of hydrazone groups is 2. The van der Waals surface area contributed by atoms with Crippen LogP contribution in [0.3, 0.4) is 0 Å². The fourth-order valence-electron chi connectivity index (χ4n) is 2.49. The minimum Gasteiger partial charge on any atom is -0.363 e. The molecule has 14 nitrogen and oxygen atoms in total. The maximum atomic E-state index is 13.2. The van der Waals surface area contributed by atoms with Gasteiger partial charge in [-0.25, -0.2) is 25.2 Å². The molecular weight excluding hydrogens is 412 g/mol. The summed E-state index contributed by atoms with van der Waals surface area (Å²) < 4.78 is 0. The van der Waals surface area contributed by atoms with E-state index >= 15 is 0 Å². The molecule has 0 saturated carbocycles. The van der Waals surface area contributed by atoms with Crippen LogP contribution in [0.4, 0.5) is 0 Å². The second-order valence-corrected chi connectivity index (χ2v) is 5.76. The van der Waals surface area contributed by atoms with Crippen LogP contribution in [0, 0.1) is 20.2 Å². The molecule has 2 aromatic rings. The van der Waals surface area contributed by atoms with Gasteiger partial charge >= 0.3 is 0 Å². The van der Waals surface area contributed by atoms with Crippen LogP contribution in [0.5, 0.6) is 0 Å². The van der Waals surface area contributed by atoms with E-state index in [-0.39, 0.29) is 11.1 Å². The van der Waals surface area contributed by atoms with Gasteiger partial charge in [-0.15, -0.1) is 0 Å². The lowest BCUT2D eigenvalue weighted by atomic mass is 9.96. The van der Waals surface area contributed by atoms with Gasteiger partial charge in [-0.3, -0.25) is 15.0 Å². The zero-order chi connectivity index (χ0) is 23.0. The Labute approximate surface area is 174 Å². The Bertz CT molecular complexity index is 990. The number of rotatable bonds is 7. The molecule has 0 aliphatic carbocycles. The van der Waals surface area contributed by atoms with Crippen molar-refractivity contribution in [2.75, 3.05) is 0 Å². The molecule has 0 atom stereocenters. The number of hydrogen-bond acceptors (Lipinski definition) is 6. The van der Waals surface area contributed by atoms with Crippen LogP contribution in [0.1, 0.15) is 20.7 Å². The Hall–Kier alpha value is -4.88. The number of nitrogens with two attached hydrogens (primary N) is 2. The normalized spacial score (nSPS) is 11.6. The Balaban J connectivity index is 2.64. The fraction of sp³-hybridized carbons (Fsp3) is 0.0588. The largest absolute Gasteiger partial charge is 0.363 e. The van der Waals surface area contributed by atoms with E-state index in [9.17, 15) is 29.8 Å². The van der Waals surface area contributed by atoms with Crippen LogP contribution in [-0.4, -0.2) is 44.6 Å². The number of guanidine groups is 2. The highest BCUT2D eigenvalue weighted by Gasteiger charge is 2.37. The fourth-order valence-corrected chi connectivity index (χ4v) is 2.49. The molecular formula is C17H16N8O6. The first-order valence-corrected chi connectivity index (χ1v) is 8.42. The second-order valence-electron chi connectivity index (χ2n) is 5.76. The molecule has 0 saturated heterocycles. The third-order valence-electron chi connectivity index (χ3n) is 3.73. The first kappa shape index (κ1) is 22.4. The van der Waals surface area contributed by atoms with Crippen molar-refractivity contribution < 1.29 is 19.7 Å². The van der Waals surface area contributed by atoms with Gasteiger partial charge < -0.3 is 11.5 Å². The van der Waals surface area contributed by atoms with E-state index in [1.807, 2.05) is 0 Å². The van der Waals surface area contributed by atoms with Gasteiger partial charge in [-0.2, -0.15) is 0 Å². The van der Waals surface area contributed by atoms with E-state index in [1.54, 1.807) is 12.1 Å². The summed E-state index contributed by atoms with van der Waals surface area (Å²) in [4.78, 5) is 47.8. The molecule has 0 aromatic heterocycles. The van der Waals surface area contributed by atoms with Gasteiger partial charge in [0.2, 0.25) is 0 Å². The Kier molecular flexibility index (Phi) is 7.27. The predicted octanol–water partition coefficient (Wildman–Crippen LogP) is -0.0598. The summed E-state index contributed by atoms with van der Waals surface area (Å²) in [6, 6.07) is 13.1. The van der Waals surface area contributed by atoms with Crippen molar-refractivity contribution in [2.24, 2.45) is 21.7 Å². The number of nitrogens with zero attached hydrogens (tertiary/aromatic N) is 5. The lowest BCUT2D eigenvalue weighted by Gasteiger charge is -2.29. The first-order valence-electron chi connectivity index (χ1n) is 8.42. The summed E-state index contributed by atoms with van der Waals surface area (Å²) >= 11 is 0. The second kappa shape index (κ2) is 10.1. The number of carbonyl (C=O) groups excluding carboxylic acids is 2. The van der Waals surface area contributed by atoms with Crippen molar-refractivity contribution in [3.63, 3.8) is 0 Å². The summed E-state index contributed by atoms with van der Waals surface area (Å²) in [7, 11) is 0. The number of Topliss-reactive ketones (excluding diaryl/α,β-unsaturated/α-hetero) is 2. The summed E-state index contributed by atoms with van der Waals surface area (Å²) in [5.74, 6) is -3.54. The number of nitrogens with one attached hydrogen (secondary N) is 1. The number of ketones is 2. The van der Waals surface area contributed by atoms with Gasteiger partial charge in [0.1, 0.15) is 10.2 Å². The average Bonchev–Trinajstić information content (AvgIpc) is 2.73. The van der Waals surface area contributed by atoms with Gasteiger partial charge in [0.25, 0.3) is 11.9 Å². The van der Waals surface area contributed by atoms with Gasteiger partial charge in [0, 0.05) is 11.1 Å². The van der Waals surface area contributed by atoms with Gasteiger partial charge in [-0.05, 0) is 0 Å². The highest BCUT2D eigenvalue weighted by atomic mass is 16.7. The molecule has 0 fully saturated rings. The smallest absolute Gasteiger partial charge is 0.288 e.